The van der Waals surface area contributed by atoms with Gasteiger partial charge in [-0.05, 0) is 19.4 Å². The number of nitrogens with one attached hydrogen (secondary N) is 1. The van der Waals surface area contributed by atoms with Gasteiger partial charge >= 0.3 is 0 Å². The van der Waals surface area contributed by atoms with E-state index in [4.69, 9.17) is 0 Å². The summed E-state index contributed by atoms with van der Waals surface area (Å²) in [5, 5.41) is 3.48. The zero-order valence-corrected chi connectivity index (χ0v) is 11.9. The van der Waals surface area contributed by atoms with Crippen molar-refractivity contribution in [3.05, 3.63) is 18.2 Å². The third kappa shape index (κ3) is 3.84. The summed E-state index contributed by atoms with van der Waals surface area (Å²) in [7, 11) is 4.17. The largest absolute Gasteiger partial charge is 0.338 e. The first kappa shape index (κ1) is 13.6. The summed E-state index contributed by atoms with van der Waals surface area (Å²) in [6.07, 6.45) is 14.9. The lowest BCUT2D eigenvalue weighted by Gasteiger charge is -2.22. The molecule has 1 atom stereocenters. The lowest BCUT2D eigenvalue weighted by molar-refractivity contribution is 0.357. The average molecular weight is 249 g/mol. The number of aromatic nitrogens is 2. The second kappa shape index (κ2) is 6.93. The summed E-state index contributed by atoms with van der Waals surface area (Å²) in [5.41, 5.74) is 0. The van der Waals surface area contributed by atoms with Crippen LogP contribution in [0.25, 0.3) is 0 Å². The SMILES string of the molecule is CNC(Cc1nccn1C)CC1CCCCCC1. The molecule has 0 radical (unpaired) electrons. The molecular weight excluding hydrogens is 222 g/mol. The van der Waals surface area contributed by atoms with Crippen LogP contribution >= 0.6 is 0 Å². The van der Waals surface area contributed by atoms with Gasteiger partial charge in [-0.2, -0.15) is 0 Å². The number of hydrogen-bond donors (Lipinski definition) is 1. The Labute approximate surface area is 111 Å². The summed E-state index contributed by atoms with van der Waals surface area (Å²) in [5.74, 6) is 2.12. The monoisotopic (exact) mass is 249 g/mol. The van der Waals surface area contributed by atoms with Gasteiger partial charge in [-0.1, -0.05) is 38.5 Å². The summed E-state index contributed by atoms with van der Waals surface area (Å²) < 4.78 is 2.14. The quantitative estimate of drug-likeness (QED) is 0.813. The van der Waals surface area contributed by atoms with Gasteiger partial charge in [0.1, 0.15) is 5.82 Å². The maximum absolute atomic E-state index is 4.44. The van der Waals surface area contributed by atoms with E-state index < -0.39 is 0 Å². The van der Waals surface area contributed by atoms with Crippen LogP contribution in [0, 0.1) is 5.92 Å². The number of rotatable bonds is 5. The Bertz CT molecular complexity index is 337. The van der Waals surface area contributed by atoms with Gasteiger partial charge in [-0.3, -0.25) is 0 Å². The minimum Gasteiger partial charge on any atom is -0.338 e. The molecule has 2 rings (SSSR count). The summed E-state index contributed by atoms with van der Waals surface area (Å²) >= 11 is 0. The van der Waals surface area contributed by atoms with E-state index in [1.54, 1.807) is 0 Å². The molecule has 0 bridgehead atoms. The van der Waals surface area contributed by atoms with Crippen molar-refractivity contribution < 1.29 is 0 Å². The average Bonchev–Trinajstić information content (AvgIpc) is 2.64. The van der Waals surface area contributed by atoms with E-state index in [1.165, 1.54) is 50.8 Å². The van der Waals surface area contributed by atoms with Crippen LogP contribution in [0.3, 0.4) is 0 Å². The Balaban J connectivity index is 1.86. The first-order valence-electron chi connectivity index (χ1n) is 7.43. The zero-order valence-electron chi connectivity index (χ0n) is 11.9. The molecule has 0 saturated heterocycles. The van der Waals surface area contributed by atoms with E-state index in [0.29, 0.717) is 6.04 Å². The molecule has 1 fully saturated rings. The molecule has 1 saturated carbocycles. The molecule has 102 valence electrons. The van der Waals surface area contributed by atoms with E-state index in [0.717, 1.165) is 12.3 Å². The van der Waals surface area contributed by atoms with Gasteiger partial charge in [-0.15, -0.1) is 0 Å². The highest BCUT2D eigenvalue weighted by Gasteiger charge is 2.18. The Morgan fingerprint density at radius 1 is 1.33 bits per heavy atom. The third-order valence-electron chi connectivity index (χ3n) is 4.35. The fourth-order valence-electron chi connectivity index (χ4n) is 3.12. The summed E-state index contributed by atoms with van der Waals surface area (Å²) in [6, 6.07) is 0.578. The van der Waals surface area contributed by atoms with Gasteiger partial charge in [0.2, 0.25) is 0 Å². The van der Waals surface area contributed by atoms with E-state index in [2.05, 4.69) is 29.0 Å². The molecule has 3 heteroatoms. The number of nitrogens with zero attached hydrogens (tertiary/aromatic N) is 2. The maximum atomic E-state index is 4.44. The Morgan fingerprint density at radius 3 is 2.61 bits per heavy atom. The van der Waals surface area contributed by atoms with Crippen molar-refractivity contribution in [2.45, 2.75) is 57.4 Å². The number of aryl methyl sites for hydroxylation is 1. The van der Waals surface area contributed by atoms with E-state index in [-0.39, 0.29) is 0 Å². The standard InChI is InChI=1S/C15H27N3/c1-16-14(12-15-17-9-10-18(15)2)11-13-7-5-3-4-6-8-13/h9-10,13-14,16H,3-8,11-12H2,1-2H3. The number of imidazole rings is 1. The minimum atomic E-state index is 0.578. The van der Waals surface area contributed by atoms with Crippen LogP contribution < -0.4 is 5.32 Å². The number of hydrogen-bond acceptors (Lipinski definition) is 2. The van der Waals surface area contributed by atoms with Crippen LogP contribution in [0.5, 0.6) is 0 Å². The van der Waals surface area contributed by atoms with Crippen LogP contribution in [-0.2, 0) is 13.5 Å². The molecule has 0 spiro atoms. The molecule has 1 aromatic rings. The molecule has 1 N–H and O–H groups in total. The van der Waals surface area contributed by atoms with Crippen LogP contribution in [0.4, 0.5) is 0 Å². The normalized spacial score (nSPS) is 19.7. The molecule has 1 unspecified atom stereocenters. The summed E-state index contributed by atoms with van der Waals surface area (Å²) in [4.78, 5) is 4.44. The van der Waals surface area contributed by atoms with Crippen LogP contribution in [0.15, 0.2) is 12.4 Å². The molecule has 0 amide bonds. The topological polar surface area (TPSA) is 29.9 Å². The predicted molar refractivity (Wildman–Crippen MR) is 75.6 cm³/mol. The van der Waals surface area contributed by atoms with E-state index >= 15 is 0 Å². The molecule has 1 heterocycles. The fourth-order valence-corrected chi connectivity index (χ4v) is 3.12. The van der Waals surface area contributed by atoms with Crippen molar-refractivity contribution in [2.75, 3.05) is 7.05 Å². The Morgan fingerprint density at radius 2 is 2.06 bits per heavy atom. The van der Waals surface area contributed by atoms with E-state index in [1.807, 2.05) is 12.4 Å². The first-order chi connectivity index (χ1) is 8.79. The highest BCUT2D eigenvalue weighted by molar-refractivity contribution is 4.94. The highest BCUT2D eigenvalue weighted by atomic mass is 15.0. The zero-order chi connectivity index (χ0) is 12.8. The van der Waals surface area contributed by atoms with Gasteiger partial charge < -0.3 is 9.88 Å². The van der Waals surface area contributed by atoms with Gasteiger partial charge in [0.05, 0.1) is 0 Å². The molecular formula is C15H27N3. The maximum Gasteiger partial charge on any atom is 0.109 e. The first-order valence-corrected chi connectivity index (χ1v) is 7.43. The molecule has 1 aliphatic rings. The lowest BCUT2D eigenvalue weighted by Crippen LogP contribution is -2.31. The van der Waals surface area contributed by atoms with Crippen LogP contribution in [0.1, 0.15) is 50.8 Å². The van der Waals surface area contributed by atoms with Crippen molar-refractivity contribution in [2.24, 2.45) is 13.0 Å². The molecule has 1 aliphatic carbocycles. The van der Waals surface area contributed by atoms with Gasteiger partial charge in [0, 0.05) is 31.9 Å². The Kier molecular flexibility index (Phi) is 5.24. The molecule has 3 nitrogen and oxygen atoms in total. The summed E-state index contributed by atoms with van der Waals surface area (Å²) in [6.45, 7) is 0. The molecule has 18 heavy (non-hydrogen) atoms. The minimum absolute atomic E-state index is 0.578. The van der Waals surface area contributed by atoms with Crippen molar-refractivity contribution >= 4 is 0 Å². The van der Waals surface area contributed by atoms with Crippen molar-refractivity contribution in [1.82, 2.24) is 14.9 Å². The second-order valence-corrected chi connectivity index (χ2v) is 5.74. The lowest BCUT2D eigenvalue weighted by atomic mass is 9.91. The van der Waals surface area contributed by atoms with Gasteiger partial charge in [0.15, 0.2) is 0 Å². The molecule has 0 aliphatic heterocycles. The van der Waals surface area contributed by atoms with Crippen LogP contribution in [-0.4, -0.2) is 22.6 Å². The molecule has 1 aromatic heterocycles. The van der Waals surface area contributed by atoms with Gasteiger partial charge in [-0.25, -0.2) is 4.98 Å². The molecule has 0 aromatic carbocycles. The highest BCUT2D eigenvalue weighted by Crippen LogP contribution is 2.27. The Hall–Kier alpha value is -0.830. The third-order valence-corrected chi connectivity index (χ3v) is 4.35. The smallest absolute Gasteiger partial charge is 0.109 e. The van der Waals surface area contributed by atoms with Crippen LogP contribution in [0.2, 0.25) is 0 Å². The predicted octanol–water partition coefficient (Wildman–Crippen LogP) is 2.91. The van der Waals surface area contributed by atoms with Gasteiger partial charge in [0.25, 0.3) is 0 Å². The number of likely N-dealkylation sites (N-methyl/N-ethyl adjacent to an activating group) is 1. The van der Waals surface area contributed by atoms with E-state index in [9.17, 15) is 0 Å². The second-order valence-electron chi connectivity index (χ2n) is 5.74. The van der Waals surface area contributed by atoms with Crippen molar-refractivity contribution in [1.29, 1.82) is 0 Å². The van der Waals surface area contributed by atoms with Crippen molar-refractivity contribution in [3.63, 3.8) is 0 Å². The van der Waals surface area contributed by atoms with Crippen molar-refractivity contribution in [3.8, 4) is 0 Å². The fraction of sp³-hybridized carbons (Fsp3) is 0.800.